The molecule has 1 aromatic heterocycles. The number of aryl methyl sites for hydroxylation is 3. The quantitative estimate of drug-likeness (QED) is 0.157. The molecule has 0 radical (unpaired) electrons. The zero-order valence-electron chi connectivity index (χ0n) is 26.2. The monoisotopic (exact) mass is 542 g/mol. The van der Waals surface area contributed by atoms with Crippen LogP contribution in [0.4, 0.5) is 0 Å². The summed E-state index contributed by atoms with van der Waals surface area (Å²) in [6, 6.07) is 18.6. The summed E-state index contributed by atoms with van der Waals surface area (Å²) in [6.45, 7) is 16.4. The number of nitrogens with zero attached hydrogens (tertiary/aromatic N) is 1. The summed E-state index contributed by atoms with van der Waals surface area (Å²) in [5, 5.41) is 7.93. The minimum atomic E-state index is 0.129. The summed E-state index contributed by atoms with van der Waals surface area (Å²) >= 11 is 0. The molecule has 0 atom stereocenters. The van der Waals surface area contributed by atoms with E-state index in [1.807, 2.05) is 0 Å². The highest BCUT2D eigenvalue weighted by atomic mass is 16.5. The molecule has 2 heterocycles. The van der Waals surface area contributed by atoms with Crippen molar-refractivity contribution in [3.05, 3.63) is 77.0 Å². The van der Waals surface area contributed by atoms with Gasteiger partial charge in [0, 0.05) is 17.0 Å². The number of pyridine rings is 1. The summed E-state index contributed by atoms with van der Waals surface area (Å²) in [7, 11) is 2.20. The van der Waals surface area contributed by atoms with Crippen LogP contribution in [0, 0.1) is 24.7 Å². The van der Waals surface area contributed by atoms with E-state index in [2.05, 4.69) is 115 Å². The molecule has 0 unspecified atom stereocenters. The van der Waals surface area contributed by atoms with Crippen molar-refractivity contribution in [3.8, 4) is 22.8 Å². The number of hydrogen-bond donors (Lipinski definition) is 0. The Morgan fingerprint density at radius 3 is 2.37 bits per heavy atom. The molecule has 1 fully saturated rings. The highest BCUT2D eigenvalue weighted by Gasteiger charge is 2.35. The molecule has 1 saturated carbocycles. The lowest BCUT2D eigenvalue weighted by Crippen LogP contribution is -2.32. The van der Waals surface area contributed by atoms with Crippen molar-refractivity contribution in [1.82, 2.24) is 0 Å². The number of hydrogen-bond acceptors (Lipinski definition) is 1. The second kappa shape index (κ2) is 9.05. The fraction of sp³-hybridized carbons (Fsp3) is 0.410. The Morgan fingerprint density at radius 2 is 1.63 bits per heavy atom. The molecule has 2 aliphatic rings. The molecule has 41 heavy (non-hydrogen) atoms. The molecule has 0 bridgehead atoms. The molecule has 0 saturated heterocycles. The Labute approximate surface area is 245 Å². The standard InChI is InChI=1S/C39H44NO/c1-23-12-13-28-30(20-23)24(2)34-36-35-29(16-19-40(36)8)27-11-9-10-26(25-14-17-39(6,7)18-15-25)31(27)21-33(35)41-37(34)32(28)22-38(3,4)5/h9-13,16,19-21,25H,14-15,17-18,22H2,1-8H3/q+1. The van der Waals surface area contributed by atoms with Crippen LogP contribution in [-0.2, 0) is 13.5 Å². The molecule has 2 heteroatoms. The first-order chi connectivity index (χ1) is 19.4. The second-order valence-corrected chi connectivity index (χ2v) is 15.0. The third-order valence-electron chi connectivity index (χ3n) is 9.99. The van der Waals surface area contributed by atoms with Gasteiger partial charge in [0.2, 0.25) is 5.69 Å². The van der Waals surface area contributed by atoms with Gasteiger partial charge < -0.3 is 4.74 Å². The molecule has 0 spiro atoms. The van der Waals surface area contributed by atoms with E-state index in [1.54, 1.807) is 0 Å². The number of aromatic nitrogens is 1. The normalized spacial score (nSPS) is 16.8. The maximum atomic E-state index is 7.17. The topological polar surface area (TPSA) is 13.1 Å². The third kappa shape index (κ3) is 4.25. The van der Waals surface area contributed by atoms with Crippen LogP contribution >= 0.6 is 0 Å². The molecule has 4 aromatic carbocycles. The zero-order chi connectivity index (χ0) is 28.8. The summed E-state index contributed by atoms with van der Waals surface area (Å²) in [6.07, 6.45) is 8.33. The lowest BCUT2D eigenvalue weighted by molar-refractivity contribution is -0.659. The fourth-order valence-corrected chi connectivity index (χ4v) is 7.78. The van der Waals surface area contributed by atoms with Gasteiger partial charge in [-0.05, 0) is 101 Å². The lowest BCUT2D eigenvalue weighted by atomic mass is 9.70. The summed E-state index contributed by atoms with van der Waals surface area (Å²) < 4.78 is 9.49. The predicted molar refractivity (Wildman–Crippen MR) is 173 cm³/mol. The van der Waals surface area contributed by atoms with Crippen LogP contribution in [0.3, 0.4) is 0 Å². The Balaban J connectivity index is 1.54. The minimum Gasteiger partial charge on any atom is -0.455 e. The molecular formula is C39H44NO+. The van der Waals surface area contributed by atoms with Gasteiger partial charge in [0.25, 0.3) is 0 Å². The van der Waals surface area contributed by atoms with Crippen LogP contribution < -0.4 is 9.30 Å². The number of benzene rings is 4. The van der Waals surface area contributed by atoms with Crippen LogP contribution in [0.15, 0.2) is 54.7 Å². The van der Waals surface area contributed by atoms with Gasteiger partial charge in [-0.2, -0.15) is 0 Å². The average molecular weight is 543 g/mol. The lowest BCUT2D eigenvalue weighted by Gasteiger charge is -2.35. The first kappa shape index (κ1) is 26.5. The van der Waals surface area contributed by atoms with Crippen LogP contribution in [-0.4, -0.2) is 0 Å². The molecule has 0 N–H and O–H groups in total. The fourth-order valence-electron chi connectivity index (χ4n) is 7.78. The van der Waals surface area contributed by atoms with Gasteiger partial charge >= 0.3 is 0 Å². The first-order valence-corrected chi connectivity index (χ1v) is 15.5. The summed E-state index contributed by atoms with van der Waals surface area (Å²) in [5.74, 6) is 2.67. The van der Waals surface area contributed by atoms with Gasteiger partial charge in [0.1, 0.15) is 18.5 Å². The van der Waals surface area contributed by atoms with Gasteiger partial charge in [0.05, 0.1) is 10.9 Å². The van der Waals surface area contributed by atoms with E-state index in [0.29, 0.717) is 11.3 Å². The molecule has 1 aliphatic heterocycles. The van der Waals surface area contributed by atoms with Gasteiger partial charge in [-0.3, -0.25) is 0 Å². The van der Waals surface area contributed by atoms with Crippen molar-refractivity contribution in [2.24, 2.45) is 17.9 Å². The summed E-state index contributed by atoms with van der Waals surface area (Å²) in [4.78, 5) is 0. The molecule has 1 aliphatic carbocycles. The largest absolute Gasteiger partial charge is 0.455 e. The van der Waals surface area contributed by atoms with Crippen molar-refractivity contribution in [2.45, 2.75) is 86.5 Å². The predicted octanol–water partition coefficient (Wildman–Crippen LogP) is 10.6. The van der Waals surface area contributed by atoms with Crippen molar-refractivity contribution in [3.63, 3.8) is 0 Å². The van der Waals surface area contributed by atoms with Gasteiger partial charge in [-0.1, -0.05) is 76.6 Å². The second-order valence-electron chi connectivity index (χ2n) is 15.0. The summed E-state index contributed by atoms with van der Waals surface area (Å²) in [5.41, 5.74) is 8.56. The maximum absolute atomic E-state index is 7.17. The molecule has 0 amide bonds. The first-order valence-electron chi connectivity index (χ1n) is 15.5. The Kier molecular flexibility index (Phi) is 5.85. The maximum Gasteiger partial charge on any atom is 0.228 e. The van der Waals surface area contributed by atoms with E-state index >= 15 is 0 Å². The van der Waals surface area contributed by atoms with E-state index < -0.39 is 0 Å². The number of fused-ring (bicyclic) bond motifs is 5. The van der Waals surface area contributed by atoms with E-state index in [-0.39, 0.29) is 5.41 Å². The Bertz CT molecular complexity index is 1870. The van der Waals surface area contributed by atoms with E-state index in [9.17, 15) is 0 Å². The zero-order valence-corrected chi connectivity index (χ0v) is 26.2. The van der Waals surface area contributed by atoms with Crippen molar-refractivity contribution < 1.29 is 9.30 Å². The highest BCUT2D eigenvalue weighted by Crippen LogP contribution is 2.54. The van der Waals surface area contributed by atoms with Crippen LogP contribution in [0.1, 0.15) is 88.5 Å². The van der Waals surface area contributed by atoms with Gasteiger partial charge in [-0.15, -0.1) is 0 Å². The Hall–Kier alpha value is -3.39. The van der Waals surface area contributed by atoms with Crippen molar-refractivity contribution >= 4 is 32.3 Å². The minimum absolute atomic E-state index is 0.129. The van der Waals surface area contributed by atoms with Crippen LogP contribution in [0.2, 0.25) is 0 Å². The van der Waals surface area contributed by atoms with Crippen LogP contribution in [0.5, 0.6) is 11.5 Å². The number of ether oxygens (including phenoxy) is 1. The molecular weight excluding hydrogens is 498 g/mol. The smallest absolute Gasteiger partial charge is 0.228 e. The SMILES string of the molecule is Cc1ccc2c(CC(C)(C)C)c3c(c(C)c2c1)-c1c2c(cc4c(C5CCC(C)(C)CC5)cccc4c2cc[n+]1C)O3. The van der Waals surface area contributed by atoms with E-state index in [4.69, 9.17) is 4.74 Å². The molecule has 2 nitrogen and oxygen atoms in total. The van der Waals surface area contributed by atoms with Gasteiger partial charge in [-0.25, -0.2) is 4.57 Å². The van der Waals surface area contributed by atoms with Crippen LogP contribution in [0.25, 0.3) is 43.6 Å². The highest BCUT2D eigenvalue weighted by molar-refractivity contribution is 6.17. The average Bonchev–Trinajstić information content (AvgIpc) is 2.91. The number of rotatable bonds is 2. The van der Waals surface area contributed by atoms with E-state index in [0.717, 1.165) is 17.9 Å². The van der Waals surface area contributed by atoms with Crippen molar-refractivity contribution in [1.29, 1.82) is 0 Å². The van der Waals surface area contributed by atoms with E-state index in [1.165, 1.54) is 91.5 Å². The molecule has 7 rings (SSSR count). The van der Waals surface area contributed by atoms with Crippen molar-refractivity contribution in [2.75, 3.05) is 0 Å². The Morgan fingerprint density at radius 1 is 0.878 bits per heavy atom. The molecule has 210 valence electrons. The molecule has 5 aromatic rings. The van der Waals surface area contributed by atoms with Gasteiger partial charge in [0.15, 0.2) is 6.20 Å². The third-order valence-corrected chi connectivity index (χ3v) is 9.99.